The summed E-state index contributed by atoms with van der Waals surface area (Å²) in [5.74, 6) is 0.594. The van der Waals surface area contributed by atoms with Gasteiger partial charge in [-0.1, -0.05) is 54.7 Å². The van der Waals surface area contributed by atoms with Crippen molar-refractivity contribution in [2.75, 3.05) is 31.3 Å². The Bertz CT molecular complexity index is 1060. The number of aryl methyl sites for hydroxylation is 1. The molecule has 0 radical (unpaired) electrons. The number of likely N-dealkylation sites (N-methyl/N-ethyl adjacent to an activating group) is 1. The van der Waals surface area contributed by atoms with Crippen molar-refractivity contribution in [2.45, 2.75) is 32.6 Å². The Balaban J connectivity index is 1.85. The molecule has 1 aromatic heterocycles. The monoisotopic (exact) mass is 473 g/mol. The van der Waals surface area contributed by atoms with Crippen LogP contribution in [-0.2, 0) is 12.8 Å². The number of unbranched alkanes of at least 4 members (excludes halogenated alkanes) is 1. The molecule has 8 heteroatoms. The minimum atomic E-state index is -0.416. The predicted octanol–water partition coefficient (Wildman–Crippen LogP) is 6.27. The molecule has 3 aromatic rings. The number of halogens is 2. The Kier molecular flexibility index (Phi) is 8.56. The van der Waals surface area contributed by atoms with Crippen LogP contribution >= 0.6 is 23.2 Å². The molecule has 0 saturated heterocycles. The maximum atomic E-state index is 12.7. The van der Waals surface area contributed by atoms with E-state index in [0.29, 0.717) is 21.6 Å². The lowest BCUT2D eigenvalue weighted by molar-refractivity contribution is 0.262. The molecule has 3 rings (SSSR count). The molecule has 0 fully saturated rings. The summed E-state index contributed by atoms with van der Waals surface area (Å²) in [5, 5.41) is 11.1. The summed E-state index contributed by atoms with van der Waals surface area (Å²) < 4.78 is 1.78. The molecular formula is C24H29Cl2N5O. The van der Waals surface area contributed by atoms with Crippen molar-refractivity contribution in [1.29, 1.82) is 0 Å². The first-order valence-electron chi connectivity index (χ1n) is 10.7. The van der Waals surface area contributed by atoms with Gasteiger partial charge >= 0.3 is 6.03 Å². The summed E-state index contributed by atoms with van der Waals surface area (Å²) in [6, 6.07) is 14.8. The molecule has 0 aliphatic carbocycles. The van der Waals surface area contributed by atoms with Gasteiger partial charge in [0.15, 0.2) is 0 Å². The standard InChI is InChI=1S/C24H29Cl2N5O/c1-4-5-9-18-16-22(28-24(32)27-21-12-7-11-20(25)23(21)26)31(29-18)19-10-6-8-17(15-19)13-14-30(2)3/h6-8,10-12,15-16H,4-5,9,13-14H2,1-3H3,(H2,27,28,32). The molecule has 170 valence electrons. The number of urea groups is 1. The minimum Gasteiger partial charge on any atom is -0.309 e. The number of rotatable bonds is 9. The molecular weight excluding hydrogens is 445 g/mol. The van der Waals surface area contributed by atoms with E-state index in [2.05, 4.69) is 48.7 Å². The molecule has 32 heavy (non-hydrogen) atoms. The second-order valence-electron chi connectivity index (χ2n) is 7.94. The molecule has 0 bridgehead atoms. The van der Waals surface area contributed by atoms with Crippen molar-refractivity contribution in [3.63, 3.8) is 0 Å². The molecule has 0 atom stereocenters. The maximum absolute atomic E-state index is 12.7. The number of hydrogen-bond acceptors (Lipinski definition) is 3. The third kappa shape index (κ3) is 6.48. The highest BCUT2D eigenvalue weighted by Gasteiger charge is 2.14. The van der Waals surface area contributed by atoms with Crippen LogP contribution in [0.5, 0.6) is 0 Å². The Labute approximate surface area is 199 Å². The van der Waals surface area contributed by atoms with Crippen molar-refractivity contribution < 1.29 is 4.79 Å². The van der Waals surface area contributed by atoms with Crippen LogP contribution in [0.3, 0.4) is 0 Å². The Hall–Kier alpha value is -2.54. The van der Waals surface area contributed by atoms with Gasteiger partial charge in [0.25, 0.3) is 0 Å². The summed E-state index contributed by atoms with van der Waals surface area (Å²) in [7, 11) is 4.12. The van der Waals surface area contributed by atoms with Gasteiger partial charge in [-0.3, -0.25) is 5.32 Å². The van der Waals surface area contributed by atoms with Gasteiger partial charge in [-0.2, -0.15) is 5.10 Å². The zero-order valence-electron chi connectivity index (χ0n) is 18.7. The van der Waals surface area contributed by atoms with E-state index in [4.69, 9.17) is 28.3 Å². The van der Waals surface area contributed by atoms with Crippen molar-refractivity contribution in [1.82, 2.24) is 14.7 Å². The summed E-state index contributed by atoms with van der Waals surface area (Å²) in [5.41, 5.74) is 3.49. The Morgan fingerprint density at radius 1 is 1.06 bits per heavy atom. The van der Waals surface area contributed by atoms with Crippen LogP contribution in [-0.4, -0.2) is 41.4 Å². The van der Waals surface area contributed by atoms with Gasteiger partial charge in [0.1, 0.15) is 5.82 Å². The van der Waals surface area contributed by atoms with E-state index in [1.54, 1.807) is 22.9 Å². The number of anilines is 2. The first-order chi connectivity index (χ1) is 15.4. The second kappa shape index (κ2) is 11.4. The van der Waals surface area contributed by atoms with E-state index in [1.165, 1.54) is 5.56 Å². The molecule has 0 unspecified atom stereocenters. The molecule has 2 N–H and O–H groups in total. The molecule has 0 saturated carbocycles. The van der Waals surface area contributed by atoms with Crippen LogP contribution in [0.2, 0.25) is 10.0 Å². The van der Waals surface area contributed by atoms with Gasteiger partial charge in [0, 0.05) is 12.6 Å². The van der Waals surface area contributed by atoms with Crippen LogP contribution in [0.4, 0.5) is 16.3 Å². The number of carbonyl (C=O) groups is 1. The van der Waals surface area contributed by atoms with Crippen molar-refractivity contribution >= 4 is 40.7 Å². The van der Waals surface area contributed by atoms with E-state index in [0.717, 1.165) is 43.6 Å². The van der Waals surface area contributed by atoms with Gasteiger partial charge in [-0.05, 0) is 63.2 Å². The molecule has 6 nitrogen and oxygen atoms in total. The summed E-state index contributed by atoms with van der Waals surface area (Å²) in [4.78, 5) is 14.9. The number of carbonyl (C=O) groups excluding carboxylic acids is 1. The number of amides is 2. The third-order valence-corrected chi connectivity index (χ3v) is 5.81. The Morgan fingerprint density at radius 2 is 1.84 bits per heavy atom. The van der Waals surface area contributed by atoms with Crippen molar-refractivity contribution in [3.8, 4) is 5.69 Å². The van der Waals surface area contributed by atoms with Crippen molar-refractivity contribution in [2.24, 2.45) is 0 Å². The van der Waals surface area contributed by atoms with Crippen LogP contribution in [0.1, 0.15) is 31.0 Å². The van der Waals surface area contributed by atoms with Gasteiger partial charge in [0.05, 0.1) is 27.1 Å². The minimum absolute atomic E-state index is 0.301. The lowest BCUT2D eigenvalue weighted by Crippen LogP contribution is -2.21. The van der Waals surface area contributed by atoms with Gasteiger partial charge in [0.2, 0.25) is 0 Å². The fourth-order valence-electron chi connectivity index (χ4n) is 3.26. The van der Waals surface area contributed by atoms with E-state index in [9.17, 15) is 4.79 Å². The van der Waals surface area contributed by atoms with Crippen LogP contribution in [0.15, 0.2) is 48.5 Å². The molecule has 0 spiro atoms. The number of benzene rings is 2. The SMILES string of the molecule is CCCCc1cc(NC(=O)Nc2cccc(Cl)c2Cl)n(-c2cccc(CCN(C)C)c2)n1. The summed E-state index contributed by atoms with van der Waals surface area (Å²) in [6.07, 6.45) is 3.88. The average Bonchev–Trinajstić information content (AvgIpc) is 3.16. The molecule has 0 aliphatic heterocycles. The fourth-order valence-corrected chi connectivity index (χ4v) is 3.61. The van der Waals surface area contributed by atoms with Gasteiger partial charge in [-0.25, -0.2) is 9.48 Å². The number of nitrogens with one attached hydrogen (secondary N) is 2. The highest BCUT2D eigenvalue weighted by Crippen LogP contribution is 2.29. The van der Waals surface area contributed by atoms with Gasteiger partial charge < -0.3 is 10.2 Å². The average molecular weight is 474 g/mol. The normalized spacial score (nSPS) is 11.1. The van der Waals surface area contributed by atoms with E-state index in [-0.39, 0.29) is 0 Å². The lowest BCUT2D eigenvalue weighted by atomic mass is 10.1. The van der Waals surface area contributed by atoms with Crippen LogP contribution in [0, 0.1) is 0 Å². The molecule has 2 aromatic carbocycles. The van der Waals surface area contributed by atoms with E-state index < -0.39 is 6.03 Å². The number of hydrogen-bond donors (Lipinski definition) is 2. The summed E-state index contributed by atoms with van der Waals surface area (Å²) >= 11 is 12.3. The highest BCUT2D eigenvalue weighted by atomic mass is 35.5. The second-order valence-corrected chi connectivity index (χ2v) is 8.73. The van der Waals surface area contributed by atoms with Crippen molar-refractivity contribution in [3.05, 3.63) is 69.8 Å². The topological polar surface area (TPSA) is 62.2 Å². The third-order valence-electron chi connectivity index (χ3n) is 4.99. The molecule has 0 aliphatic rings. The van der Waals surface area contributed by atoms with E-state index in [1.807, 2.05) is 18.2 Å². The van der Waals surface area contributed by atoms with Gasteiger partial charge in [-0.15, -0.1) is 0 Å². The predicted molar refractivity (Wildman–Crippen MR) is 134 cm³/mol. The quantitative estimate of drug-likeness (QED) is 0.384. The van der Waals surface area contributed by atoms with Crippen LogP contribution < -0.4 is 10.6 Å². The maximum Gasteiger partial charge on any atom is 0.324 e. The zero-order chi connectivity index (χ0) is 23.1. The largest absolute Gasteiger partial charge is 0.324 e. The van der Waals surface area contributed by atoms with Crippen LogP contribution in [0.25, 0.3) is 5.69 Å². The lowest BCUT2D eigenvalue weighted by Gasteiger charge is -2.13. The molecule has 1 heterocycles. The fraction of sp³-hybridized carbons (Fsp3) is 0.333. The first kappa shape index (κ1) is 24.1. The zero-order valence-corrected chi connectivity index (χ0v) is 20.2. The number of nitrogens with zero attached hydrogens (tertiary/aromatic N) is 3. The first-order valence-corrected chi connectivity index (χ1v) is 11.5. The molecule has 2 amide bonds. The smallest absolute Gasteiger partial charge is 0.309 e. The highest BCUT2D eigenvalue weighted by molar-refractivity contribution is 6.44. The summed E-state index contributed by atoms with van der Waals surface area (Å²) in [6.45, 7) is 3.10. The Morgan fingerprint density at radius 3 is 2.59 bits per heavy atom. The number of aromatic nitrogens is 2. The van der Waals surface area contributed by atoms with E-state index >= 15 is 0 Å².